The second-order valence-corrected chi connectivity index (χ2v) is 7.32. The maximum Gasteiger partial charge on any atom is 0.327 e. The summed E-state index contributed by atoms with van der Waals surface area (Å²) in [6.07, 6.45) is 5.19. The number of benzene rings is 1. The van der Waals surface area contributed by atoms with Gasteiger partial charge >= 0.3 is 6.03 Å². The summed E-state index contributed by atoms with van der Waals surface area (Å²) in [6.45, 7) is 3.65. The summed E-state index contributed by atoms with van der Waals surface area (Å²) in [5.74, 6) is 1.47. The van der Waals surface area contributed by atoms with E-state index in [1.807, 2.05) is 13.1 Å². The number of pyridine rings is 2. The number of carbonyl (C=O) groups excluding carboxylic acids is 2. The van der Waals surface area contributed by atoms with E-state index in [1.165, 1.54) is 0 Å². The normalized spacial score (nSPS) is 11.0. The van der Waals surface area contributed by atoms with Crippen LogP contribution in [0.1, 0.15) is 21.7 Å². The molecule has 0 saturated carbocycles. The minimum atomic E-state index is -0.701. The highest BCUT2D eigenvalue weighted by atomic mass is 16.5. The van der Waals surface area contributed by atoms with Crippen LogP contribution in [0.4, 0.5) is 10.6 Å². The SMILES string of the molecule is Cc1cn(-c2cc(Oc3ccc(NC(=O)NC(=O)c4cc5ccc4o5)nc3C)ccn2)cn1. The van der Waals surface area contributed by atoms with E-state index < -0.39 is 11.9 Å². The molecule has 0 aromatic carbocycles. The van der Waals surface area contributed by atoms with Crippen molar-refractivity contribution in [2.45, 2.75) is 13.8 Å². The van der Waals surface area contributed by atoms with Crippen LogP contribution in [0.15, 0.2) is 65.6 Å². The predicted molar refractivity (Wildman–Crippen MR) is 119 cm³/mol. The molecule has 0 unspecified atom stereocenters. The molecule has 10 heteroatoms. The number of aryl methyl sites for hydroxylation is 2. The van der Waals surface area contributed by atoms with Crippen LogP contribution in [0, 0.1) is 13.8 Å². The first-order chi connectivity index (χ1) is 15.9. The van der Waals surface area contributed by atoms with Gasteiger partial charge in [-0.25, -0.2) is 19.7 Å². The van der Waals surface area contributed by atoms with Crippen molar-refractivity contribution in [3.63, 3.8) is 0 Å². The van der Waals surface area contributed by atoms with E-state index in [0.29, 0.717) is 39.7 Å². The van der Waals surface area contributed by atoms with Gasteiger partial charge in [0.2, 0.25) is 0 Å². The Morgan fingerprint density at radius 2 is 1.94 bits per heavy atom. The number of urea groups is 1. The van der Waals surface area contributed by atoms with Crippen molar-refractivity contribution in [2.75, 3.05) is 5.32 Å². The molecule has 5 aromatic rings. The summed E-state index contributed by atoms with van der Waals surface area (Å²) in [6, 6.07) is 11.1. The number of nitrogens with zero attached hydrogens (tertiary/aromatic N) is 4. The van der Waals surface area contributed by atoms with Crippen molar-refractivity contribution in [2.24, 2.45) is 0 Å². The minimum Gasteiger partial charge on any atom is -0.457 e. The third kappa shape index (κ3) is 4.22. The van der Waals surface area contributed by atoms with Gasteiger partial charge in [-0.05, 0) is 50.2 Å². The van der Waals surface area contributed by atoms with Crippen molar-refractivity contribution >= 4 is 28.9 Å². The molecule has 5 heterocycles. The highest BCUT2D eigenvalue weighted by Crippen LogP contribution is 2.26. The monoisotopic (exact) mass is 442 g/mol. The number of aromatic nitrogens is 4. The fourth-order valence-electron chi connectivity index (χ4n) is 3.29. The highest BCUT2D eigenvalue weighted by molar-refractivity contribution is 6.11. The van der Waals surface area contributed by atoms with Crippen LogP contribution in [-0.4, -0.2) is 31.5 Å². The Morgan fingerprint density at radius 1 is 1.06 bits per heavy atom. The smallest absolute Gasteiger partial charge is 0.327 e. The lowest BCUT2D eigenvalue weighted by atomic mass is 10.2. The van der Waals surface area contributed by atoms with Crippen LogP contribution in [-0.2, 0) is 0 Å². The Labute approximate surface area is 187 Å². The fourth-order valence-corrected chi connectivity index (χ4v) is 3.29. The van der Waals surface area contributed by atoms with E-state index in [9.17, 15) is 9.59 Å². The standard InChI is InChI=1S/C23H18N6O4/c1-13-11-29(12-25-13)21-10-16(7-8-24-21)32-18-5-6-20(26-14(18)2)27-23(31)28-22(30)17-9-15-3-4-19(17)33-15/h3-12H,1-2H3,(H2,26,27,28,30,31). The summed E-state index contributed by atoms with van der Waals surface area (Å²) in [7, 11) is 0. The third-order valence-electron chi connectivity index (χ3n) is 4.85. The minimum absolute atomic E-state index is 0.273. The van der Waals surface area contributed by atoms with Crippen molar-refractivity contribution in [1.29, 1.82) is 0 Å². The van der Waals surface area contributed by atoms with Gasteiger partial charge in [-0.3, -0.25) is 20.0 Å². The Bertz CT molecular complexity index is 1470. The average molecular weight is 442 g/mol. The van der Waals surface area contributed by atoms with Gasteiger partial charge in [-0.2, -0.15) is 0 Å². The number of imidazole rings is 1. The molecule has 0 saturated heterocycles. The molecule has 164 valence electrons. The number of hydrogen-bond acceptors (Lipinski definition) is 7. The van der Waals surface area contributed by atoms with Crippen molar-refractivity contribution in [1.82, 2.24) is 24.8 Å². The van der Waals surface area contributed by atoms with Gasteiger partial charge in [0, 0.05) is 18.5 Å². The van der Waals surface area contributed by atoms with E-state index >= 15 is 0 Å². The molecule has 3 amide bonds. The number of carbonyl (C=O) groups is 2. The maximum absolute atomic E-state index is 12.3. The number of anilines is 1. The van der Waals surface area contributed by atoms with Gasteiger partial charge in [0.25, 0.3) is 5.91 Å². The second-order valence-electron chi connectivity index (χ2n) is 7.32. The summed E-state index contributed by atoms with van der Waals surface area (Å²) in [4.78, 5) is 37.3. The van der Waals surface area contributed by atoms with Gasteiger partial charge < -0.3 is 9.15 Å². The maximum atomic E-state index is 12.3. The van der Waals surface area contributed by atoms with E-state index in [-0.39, 0.29) is 5.82 Å². The number of rotatable bonds is 5. The molecule has 0 atom stereocenters. The van der Waals surface area contributed by atoms with Gasteiger partial charge in [0.1, 0.15) is 40.6 Å². The van der Waals surface area contributed by atoms with E-state index in [4.69, 9.17) is 9.15 Å². The fraction of sp³-hybridized carbons (Fsp3) is 0.0870. The zero-order chi connectivity index (χ0) is 22.9. The van der Waals surface area contributed by atoms with Crippen molar-refractivity contribution in [3.8, 4) is 17.3 Å². The number of hydrogen-bond donors (Lipinski definition) is 2. The lowest BCUT2D eigenvalue weighted by molar-refractivity contribution is 0.0968. The zero-order valence-corrected chi connectivity index (χ0v) is 17.7. The molecule has 0 aliphatic rings. The summed E-state index contributed by atoms with van der Waals surface area (Å²) >= 11 is 0. The zero-order valence-electron chi connectivity index (χ0n) is 17.7. The predicted octanol–water partition coefficient (Wildman–Crippen LogP) is 4.22. The largest absolute Gasteiger partial charge is 0.457 e. The van der Waals surface area contributed by atoms with E-state index in [1.54, 1.807) is 66.5 Å². The molecule has 0 radical (unpaired) electrons. The molecule has 2 bridgehead atoms. The van der Waals surface area contributed by atoms with Gasteiger partial charge in [-0.1, -0.05) is 0 Å². The highest BCUT2D eigenvalue weighted by Gasteiger charge is 2.17. The van der Waals surface area contributed by atoms with Gasteiger partial charge in [-0.15, -0.1) is 0 Å². The Balaban J connectivity index is 1.24. The first-order valence-corrected chi connectivity index (χ1v) is 10.0. The average Bonchev–Trinajstić information content (AvgIpc) is 3.53. The molecule has 0 spiro atoms. The topological polar surface area (TPSA) is 124 Å². The Morgan fingerprint density at radius 3 is 2.64 bits per heavy atom. The van der Waals surface area contributed by atoms with Crippen LogP contribution >= 0.6 is 0 Å². The molecule has 10 nitrogen and oxygen atoms in total. The molecule has 0 fully saturated rings. The molecular weight excluding hydrogens is 424 g/mol. The van der Waals surface area contributed by atoms with Gasteiger partial charge in [0.15, 0.2) is 0 Å². The van der Waals surface area contributed by atoms with Crippen LogP contribution in [0.2, 0.25) is 0 Å². The quantitative estimate of drug-likeness (QED) is 0.418. The van der Waals surface area contributed by atoms with Crippen LogP contribution in [0.25, 0.3) is 17.0 Å². The summed E-state index contributed by atoms with van der Waals surface area (Å²) < 4.78 is 13.1. The number of nitrogens with one attached hydrogen (secondary N) is 2. The number of imide groups is 1. The summed E-state index contributed by atoms with van der Waals surface area (Å²) in [5.41, 5.74) is 2.74. The van der Waals surface area contributed by atoms with Gasteiger partial charge in [0.05, 0.1) is 17.0 Å². The van der Waals surface area contributed by atoms with E-state index in [0.717, 1.165) is 5.69 Å². The Hall–Kier alpha value is -4.73. The first-order valence-electron chi connectivity index (χ1n) is 10.0. The lowest BCUT2D eigenvalue weighted by Gasteiger charge is -2.11. The first kappa shape index (κ1) is 20.2. The summed E-state index contributed by atoms with van der Waals surface area (Å²) in [5, 5.41) is 4.81. The Kier molecular flexibility index (Phi) is 4.94. The second kappa shape index (κ2) is 8.08. The van der Waals surface area contributed by atoms with Crippen LogP contribution in [0.3, 0.4) is 0 Å². The molecule has 2 N–H and O–H groups in total. The number of amides is 3. The number of fused-ring (bicyclic) bond motifs is 2. The molecule has 0 aliphatic carbocycles. The number of furan rings is 2. The van der Waals surface area contributed by atoms with Crippen molar-refractivity contribution < 1.29 is 18.7 Å². The molecule has 0 aliphatic heterocycles. The van der Waals surface area contributed by atoms with Crippen LogP contribution in [0.5, 0.6) is 11.5 Å². The van der Waals surface area contributed by atoms with Crippen LogP contribution < -0.4 is 15.4 Å². The molecule has 5 aromatic heterocycles. The van der Waals surface area contributed by atoms with Crippen molar-refractivity contribution in [3.05, 3.63) is 78.1 Å². The molecule has 5 rings (SSSR count). The molecular formula is C23H18N6O4. The van der Waals surface area contributed by atoms with E-state index in [2.05, 4.69) is 25.6 Å². The lowest BCUT2D eigenvalue weighted by Crippen LogP contribution is -2.34. The number of ether oxygens (including phenoxy) is 1. The molecule has 33 heavy (non-hydrogen) atoms. The third-order valence-corrected chi connectivity index (χ3v) is 4.85.